The second kappa shape index (κ2) is 6.77. The second-order valence-corrected chi connectivity index (χ2v) is 7.47. The number of aromatic nitrogens is 2. The number of aromatic amines is 1. The Hall–Kier alpha value is -3.18. The van der Waals surface area contributed by atoms with E-state index >= 15 is 0 Å². The maximum absolute atomic E-state index is 13.0. The van der Waals surface area contributed by atoms with Gasteiger partial charge in [0.1, 0.15) is 0 Å². The van der Waals surface area contributed by atoms with Crippen molar-refractivity contribution in [2.45, 2.75) is 0 Å². The first-order valence-electron chi connectivity index (χ1n) is 9.64. The molecule has 5 rings (SSSR count). The molecule has 0 saturated carbocycles. The Morgan fingerprint density at radius 2 is 1.71 bits per heavy atom. The third-order valence-electron chi connectivity index (χ3n) is 5.56. The van der Waals surface area contributed by atoms with Gasteiger partial charge >= 0.3 is 0 Å². The molecular formula is C23H22N4O. The number of carbonyl (C=O) groups is 1. The van der Waals surface area contributed by atoms with Gasteiger partial charge in [0, 0.05) is 37.4 Å². The number of H-pyrrole nitrogens is 1. The van der Waals surface area contributed by atoms with Crippen LogP contribution in [0.1, 0.15) is 16.2 Å². The number of hydrogen-bond donors (Lipinski definition) is 1. The monoisotopic (exact) mass is 370 g/mol. The summed E-state index contributed by atoms with van der Waals surface area (Å²) < 4.78 is 0. The molecule has 0 amide bonds. The van der Waals surface area contributed by atoms with E-state index in [0.29, 0.717) is 11.4 Å². The molecule has 1 N–H and O–H groups in total. The van der Waals surface area contributed by atoms with Crippen molar-refractivity contribution in [3.63, 3.8) is 0 Å². The van der Waals surface area contributed by atoms with Crippen molar-refractivity contribution in [1.29, 1.82) is 0 Å². The van der Waals surface area contributed by atoms with Gasteiger partial charge in [0.25, 0.3) is 0 Å². The zero-order valence-electron chi connectivity index (χ0n) is 15.9. The second-order valence-electron chi connectivity index (χ2n) is 7.47. The van der Waals surface area contributed by atoms with Gasteiger partial charge in [0.05, 0.1) is 11.0 Å². The summed E-state index contributed by atoms with van der Waals surface area (Å²) in [5.74, 6) is 0.309. The standard InChI is InChI=1S/C23H22N4O/c1-26-10-12-27(13-11-26)19-8-9-20-21(15-19)25-23(24-20)22(28)18-7-6-16-4-2-3-5-17(16)14-18/h2-9,14-15H,10-13H2,1H3,(H,24,25). The summed E-state index contributed by atoms with van der Waals surface area (Å²) in [7, 11) is 2.15. The number of hydrogen-bond acceptors (Lipinski definition) is 4. The molecule has 5 nitrogen and oxygen atoms in total. The Labute approximate surface area is 163 Å². The lowest BCUT2D eigenvalue weighted by Gasteiger charge is -2.34. The minimum Gasteiger partial charge on any atom is -0.369 e. The zero-order valence-corrected chi connectivity index (χ0v) is 15.9. The third kappa shape index (κ3) is 3.04. The Morgan fingerprint density at radius 1 is 0.929 bits per heavy atom. The maximum Gasteiger partial charge on any atom is 0.228 e. The van der Waals surface area contributed by atoms with E-state index in [4.69, 9.17) is 0 Å². The highest BCUT2D eigenvalue weighted by molar-refractivity contribution is 6.09. The van der Waals surface area contributed by atoms with Gasteiger partial charge in [-0.1, -0.05) is 36.4 Å². The van der Waals surface area contributed by atoms with Crippen LogP contribution in [-0.4, -0.2) is 53.9 Å². The molecule has 2 heterocycles. The fourth-order valence-electron chi connectivity index (χ4n) is 3.83. The van der Waals surface area contributed by atoms with E-state index in [1.54, 1.807) is 0 Å². The number of nitrogens with one attached hydrogen (secondary N) is 1. The van der Waals surface area contributed by atoms with Gasteiger partial charge in [-0.05, 0) is 42.1 Å². The first-order valence-corrected chi connectivity index (χ1v) is 9.64. The van der Waals surface area contributed by atoms with Crippen molar-refractivity contribution in [1.82, 2.24) is 14.9 Å². The molecule has 0 aliphatic carbocycles. The molecule has 0 atom stereocenters. The van der Waals surface area contributed by atoms with Crippen molar-refractivity contribution in [2.75, 3.05) is 38.1 Å². The molecule has 0 radical (unpaired) electrons. The number of carbonyl (C=O) groups excluding carboxylic acids is 1. The number of nitrogens with zero attached hydrogens (tertiary/aromatic N) is 3. The highest BCUT2D eigenvalue weighted by Crippen LogP contribution is 2.23. The van der Waals surface area contributed by atoms with E-state index in [-0.39, 0.29) is 5.78 Å². The predicted molar refractivity (Wildman–Crippen MR) is 113 cm³/mol. The fraction of sp³-hybridized carbons (Fsp3) is 0.217. The molecule has 1 fully saturated rings. The number of benzene rings is 3. The Morgan fingerprint density at radius 3 is 2.54 bits per heavy atom. The highest BCUT2D eigenvalue weighted by Gasteiger charge is 2.17. The summed E-state index contributed by atoms with van der Waals surface area (Å²) in [6.07, 6.45) is 0. The van der Waals surface area contributed by atoms with Crippen LogP contribution in [0.5, 0.6) is 0 Å². The number of imidazole rings is 1. The number of fused-ring (bicyclic) bond motifs is 2. The summed E-state index contributed by atoms with van der Waals surface area (Å²) >= 11 is 0. The van der Waals surface area contributed by atoms with Crippen molar-refractivity contribution in [2.24, 2.45) is 0 Å². The molecule has 1 aromatic heterocycles. The summed E-state index contributed by atoms with van der Waals surface area (Å²) in [6.45, 7) is 4.15. The largest absolute Gasteiger partial charge is 0.369 e. The Kier molecular flexibility index (Phi) is 4.10. The number of anilines is 1. The quantitative estimate of drug-likeness (QED) is 0.559. The van der Waals surface area contributed by atoms with E-state index in [9.17, 15) is 4.79 Å². The zero-order chi connectivity index (χ0) is 19.1. The van der Waals surface area contributed by atoms with Gasteiger partial charge in [0.2, 0.25) is 5.78 Å². The van der Waals surface area contributed by atoms with Crippen LogP contribution in [0.25, 0.3) is 21.8 Å². The Balaban J connectivity index is 1.46. The highest BCUT2D eigenvalue weighted by atomic mass is 16.1. The van der Waals surface area contributed by atoms with Crippen LogP contribution in [0.2, 0.25) is 0 Å². The first kappa shape index (κ1) is 17.0. The average molecular weight is 370 g/mol. The van der Waals surface area contributed by atoms with Crippen LogP contribution >= 0.6 is 0 Å². The molecule has 4 aromatic rings. The van der Waals surface area contributed by atoms with Crippen LogP contribution in [-0.2, 0) is 0 Å². The summed E-state index contributed by atoms with van der Waals surface area (Å²) in [6, 6.07) is 20.0. The molecule has 1 aliphatic heterocycles. The number of ketones is 1. The normalized spacial score (nSPS) is 15.4. The number of rotatable bonds is 3. The molecule has 0 spiro atoms. The van der Waals surface area contributed by atoms with E-state index in [1.165, 1.54) is 5.69 Å². The van der Waals surface area contributed by atoms with E-state index in [0.717, 1.165) is 48.0 Å². The van der Waals surface area contributed by atoms with Gasteiger partial charge in [-0.2, -0.15) is 0 Å². The third-order valence-corrected chi connectivity index (χ3v) is 5.56. The van der Waals surface area contributed by atoms with Gasteiger partial charge < -0.3 is 14.8 Å². The molecule has 0 bridgehead atoms. The maximum atomic E-state index is 13.0. The van der Waals surface area contributed by atoms with Crippen molar-refractivity contribution >= 4 is 33.3 Å². The first-order chi connectivity index (χ1) is 13.7. The lowest BCUT2D eigenvalue weighted by molar-refractivity contribution is 0.103. The minimum absolute atomic E-state index is 0.0805. The SMILES string of the molecule is CN1CCN(c2ccc3nc(C(=O)c4ccc5ccccc5c4)[nH]c3c2)CC1. The lowest BCUT2D eigenvalue weighted by Crippen LogP contribution is -2.44. The molecule has 1 aliphatic rings. The topological polar surface area (TPSA) is 52.2 Å². The van der Waals surface area contributed by atoms with Crippen molar-refractivity contribution in [3.8, 4) is 0 Å². The number of likely N-dealkylation sites (N-methyl/N-ethyl adjacent to an activating group) is 1. The van der Waals surface area contributed by atoms with Gasteiger partial charge in [-0.3, -0.25) is 4.79 Å². The van der Waals surface area contributed by atoms with Crippen molar-refractivity contribution in [3.05, 3.63) is 72.1 Å². The van der Waals surface area contributed by atoms with Crippen molar-refractivity contribution < 1.29 is 4.79 Å². The van der Waals surface area contributed by atoms with E-state index in [2.05, 4.69) is 38.9 Å². The predicted octanol–water partition coefficient (Wildman–Crippen LogP) is 3.70. The molecular weight excluding hydrogens is 348 g/mol. The van der Waals surface area contributed by atoms with Gasteiger partial charge in [-0.25, -0.2) is 4.98 Å². The van der Waals surface area contributed by atoms with E-state index in [1.807, 2.05) is 48.5 Å². The fourth-order valence-corrected chi connectivity index (χ4v) is 3.83. The van der Waals surface area contributed by atoms with Crippen LogP contribution in [0.15, 0.2) is 60.7 Å². The molecule has 3 aromatic carbocycles. The molecule has 28 heavy (non-hydrogen) atoms. The Bertz CT molecular complexity index is 1170. The minimum atomic E-state index is -0.0805. The van der Waals surface area contributed by atoms with Crippen LogP contribution in [0.4, 0.5) is 5.69 Å². The van der Waals surface area contributed by atoms with Crippen LogP contribution in [0.3, 0.4) is 0 Å². The molecule has 1 saturated heterocycles. The van der Waals surface area contributed by atoms with Gasteiger partial charge in [-0.15, -0.1) is 0 Å². The molecule has 140 valence electrons. The van der Waals surface area contributed by atoms with Crippen LogP contribution in [0, 0.1) is 0 Å². The van der Waals surface area contributed by atoms with Gasteiger partial charge in [0.15, 0.2) is 5.82 Å². The van der Waals surface area contributed by atoms with Crippen LogP contribution < -0.4 is 4.90 Å². The molecule has 5 heteroatoms. The smallest absolute Gasteiger partial charge is 0.228 e. The summed E-state index contributed by atoms with van der Waals surface area (Å²) in [5, 5.41) is 2.18. The number of piperazine rings is 1. The van der Waals surface area contributed by atoms with E-state index < -0.39 is 0 Å². The summed E-state index contributed by atoms with van der Waals surface area (Å²) in [4.78, 5) is 25.5. The molecule has 0 unspecified atom stereocenters. The lowest BCUT2D eigenvalue weighted by atomic mass is 10.0. The average Bonchev–Trinajstić information content (AvgIpc) is 3.17. The summed E-state index contributed by atoms with van der Waals surface area (Å²) in [5.41, 5.74) is 3.55.